The van der Waals surface area contributed by atoms with Gasteiger partial charge in [-0.15, -0.1) is 0 Å². The second kappa shape index (κ2) is 7.65. The molecule has 8 heteroatoms. The van der Waals surface area contributed by atoms with Crippen molar-refractivity contribution in [3.05, 3.63) is 36.2 Å². The number of benzene rings is 1. The monoisotopic (exact) mass is 360 g/mol. The van der Waals surface area contributed by atoms with E-state index in [-0.39, 0.29) is 18.2 Å². The number of fused-ring (bicyclic) bond motifs is 1. The Morgan fingerprint density at radius 2 is 2.15 bits per heavy atom. The summed E-state index contributed by atoms with van der Waals surface area (Å²) in [6, 6.07) is 5.58. The van der Waals surface area contributed by atoms with E-state index in [4.69, 9.17) is 14.2 Å². The van der Waals surface area contributed by atoms with E-state index in [1.54, 1.807) is 24.2 Å². The van der Waals surface area contributed by atoms with Crippen LogP contribution < -0.4 is 20.1 Å². The summed E-state index contributed by atoms with van der Waals surface area (Å²) in [5.41, 5.74) is 1.44. The van der Waals surface area contributed by atoms with Crippen LogP contribution in [0.4, 0.5) is 10.5 Å². The van der Waals surface area contributed by atoms with Crippen LogP contribution in [-0.2, 0) is 16.7 Å². The fraction of sp³-hybridized carbons (Fsp3) is 0.444. The first-order valence-electron chi connectivity index (χ1n) is 8.44. The lowest BCUT2D eigenvalue weighted by atomic mass is 9.84. The molecular weight excluding hydrogens is 336 g/mol. The van der Waals surface area contributed by atoms with E-state index in [0.29, 0.717) is 25.4 Å². The number of methoxy groups -OCH3 is 1. The summed E-state index contributed by atoms with van der Waals surface area (Å²) in [6.07, 6.45) is 3.37. The second-order valence-electron chi connectivity index (χ2n) is 6.74. The summed E-state index contributed by atoms with van der Waals surface area (Å²) in [6.45, 7) is 6.05. The molecule has 1 aliphatic rings. The van der Waals surface area contributed by atoms with Gasteiger partial charge in [-0.05, 0) is 17.7 Å². The summed E-state index contributed by atoms with van der Waals surface area (Å²) >= 11 is 0. The standard InChI is InChI=1S/C18H24N4O4/c1-18(2,13-4-5-15-16(8-13)26-12-25-15)11-19-17(23)21-14-9-20-22(10-14)6-7-24-3/h4-5,8-10H,6-7,11-12H2,1-3H3,(H2,19,21,23). The van der Waals surface area contributed by atoms with Crippen molar-refractivity contribution in [2.45, 2.75) is 25.8 Å². The Hall–Kier alpha value is -2.74. The lowest BCUT2D eigenvalue weighted by Gasteiger charge is -2.26. The molecule has 0 atom stereocenters. The number of nitrogens with one attached hydrogen (secondary N) is 2. The number of nitrogens with zero attached hydrogens (tertiary/aromatic N) is 2. The van der Waals surface area contributed by atoms with Gasteiger partial charge < -0.3 is 24.8 Å². The van der Waals surface area contributed by atoms with Gasteiger partial charge in [0.1, 0.15) is 0 Å². The van der Waals surface area contributed by atoms with Crippen LogP contribution in [0, 0.1) is 0 Å². The smallest absolute Gasteiger partial charge is 0.319 e. The van der Waals surface area contributed by atoms with Crippen LogP contribution >= 0.6 is 0 Å². The third-order valence-corrected chi connectivity index (χ3v) is 4.26. The molecule has 0 saturated carbocycles. The fourth-order valence-corrected chi connectivity index (χ4v) is 2.63. The average molecular weight is 360 g/mol. The van der Waals surface area contributed by atoms with E-state index in [1.807, 2.05) is 18.2 Å². The van der Waals surface area contributed by atoms with Crippen molar-refractivity contribution < 1.29 is 19.0 Å². The minimum Gasteiger partial charge on any atom is -0.454 e. The van der Waals surface area contributed by atoms with Crippen LogP contribution in [0.3, 0.4) is 0 Å². The zero-order valence-electron chi connectivity index (χ0n) is 15.2. The molecule has 0 saturated heterocycles. The summed E-state index contributed by atoms with van der Waals surface area (Å²) in [7, 11) is 1.64. The van der Waals surface area contributed by atoms with Gasteiger partial charge in [0.2, 0.25) is 6.79 Å². The lowest BCUT2D eigenvalue weighted by Crippen LogP contribution is -2.38. The molecule has 0 fully saturated rings. The van der Waals surface area contributed by atoms with Crippen LogP contribution in [0.5, 0.6) is 11.5 Å². The predicted octanol–water partition coefficient (Wildman–Crippen LogP) is 2.36. The number of anilines is 1. The number of carbonyl (C=O) groups is 1. The van der Waals surface area contributed by atoms with Crippen LogP contribution in [0.25, 0.3) is 0 Å². The normalized spacial score (nSPS) is 12.9. The van der Waals surface area contributed by atoms with Crippen molar-refractivity contribution in [2.24, 2.45) is 0 Å². The van der Waals surface area contributed by atoms with Crippen molar-refractivity contribution in [1.82, 2.24) is 15.1 Å². The molecule has 8 nitrogen and oxygen atoms in total. The van der Waals surface area contributed by atoms with E-state index in [1.165, 1.54) is 0 Å². The van der Waals surface area contributed by atoms with Gasteiger partial charge in [-0.25, -0.2) is 4.79 Å². The third-order valence-electron chi connectivity index (χ3n) is 4.26. The van der Waals surface area contributed by atoms with E-state index in [9.17, 15) is 4.79 Å². The predicted molar refractivity (Wildman–Crippen MR) is 96.7 cm³/mol. The van der Waals surface area contributed by atoms with Gasteiger partial charge in [-0.2, -0.15) is 5.10 Å². The van der Waals surface area contributed by atoms with Gasteiger partial charge in [0, 0.05) is 25.3 Å². The minimum atomic E-state index is -0.273. The lowest BCUT2D eigenvalue weighted by molar-refractivity contribution is 0.174. The molecule has 0 bridgehead atoms. The van der Waals surface area contributed by atoms with Crippen LogP contribution in [0.2, 0.25) is 0 Å². The number of carbonyl (C=O) groups excluding carboxylic acids is 1. The van der Waals surface area contributed by atoms with E-state index < -0.39 is 0 Å². The first-order chi connectivity index (χ1) is 12.5. The molecule has 2 N–H and O–H groups in total. The van der Waals surface area contributed by atoms with E-state index in [2.05, 4.69) is 29.6 Å². The molecule has 0 radical (unpaired) electrons. The Morgan fingerprint density at radius 1 is 1.35 bits per heavy atom. The van der Waals surface area contributed by atoms with Gasteiger partial charge in [0.25, 0.3) is 0 Å². The van der Waals surface area contributed by atoms with Crippen molar-refractivity contribution in [3.63, 3.8) is 0 Å². The highest BCUT2D eigenvalue weighted by atomic mass is 16.7. The highest BCUT2D eigenvalue weighted by Gasteiger charge is 2.24. The van der Waals surface area contributed by atoms with E-state index >= 15 is 0 Å². The number of aromatic nitrogens is 2. The average Bonchev–Trinajstić information content (AvgIpc) is 3.26. The van der Waals surface area contributed by atoms with Crippen LogP contribution in [0.1, 0.15) is 19.4 Å². The number of amides is 2. The molecule has 2 heterocycles. The highest BCUT2D eigenvalue weighted by molar-refractivity contribution is 5.88. The molecule has 3 rings (SSSR count). The Kier molecular flexibility index (Phi) is 5.32. The van der Waals surface area contributed by atoms with Crippen molar-refractivity contribution in [1.29, 1.82) is 0 Å². The number of urea groups is 1. The van der Waals surface area contributed by atoms with Crippen molar-refractivity contribution in [3.8, 4) is 11.5 Å². The molecule has 0 unspecified atom stereocenters. The number of hydrogen-bond donors (Lipinski definition) is 2. The Morgan fingerprint density at radius 3 is 2.96 bits per heavy atom. The number of ether oxygens (including phenoxy) is 3. The van der Waals surface area contributed by atoms with E-state index in [0.717, 1.165) is 17.1 Å². The first kappa shape index (κ1) is 18.1. The molecule has 1 aliphatic heterocycles. The van der Waals surface area contributed by atoms with Crippen molar-refractivity contribution in [2.75, 3.05) is 32.4 Å². The largest absolute Gasteiger partial charge is 0.454 e. The SMILES string of the molecule is COCCn1cc(NC(=O)NCC(C)(C)c2ccc3c(c2)OCO3)cn1. The van der Waals surface area contributed by atoms with Gasteiger partial charge >= 0.3 is 6.03 Å². The molecule has 26 heavy (non-hydrogen) atoms. The molecule has 2 amide bonds. The molecule has 140 valence electrons. The summed E-state index contributed by atoms with van der Waals surface area (Å²) in [5, 5.41) is 9.86. The minimum absolute atomic E-state index is 0.248. The quantitative estimate of drug-likeness (QED) is 0.792. The van der Waals surface area contributed by atoms with Gasteiger partial charge in [-0.3, -0.25) is 4.68 Å². The summed E-state index contributed by atoms with van der Waals surface area (Å²) in [4.78, 5) is 12.2. The molecule has 1 aromatic heterocycles. The first-order valence-corrected chi connectivity index (χ1v) is 8.44. The maximum absolute atomic E-state index is 12.2. The molecule has 2 aromatic rings. The number of hydrogen-bond acceptors (Lipinski definition) is 5. The maximum atomic E-state index is 12.2. The summed E-state index contributed by atoms with van der Waals surface area (Å²) in [5.74, 6) is 1.49. The van der Waals surface area contributed by atoms with Crippen molar-refractivity contribution >= 4 is 11.7 Å². The Balaban J connectivity index is 1.53. The molecular formula is C18H24N4O4. The maximum Gasteiger partial charge on any atom is 0.319 e. The number of rotatable bonds is 7. The molecule has 0 spiro atoms. The van der Waals surface area contributed by atoms with Gasteiger partial charge in [0.05, 0.1) is 25.0 Å². The van der Waals surface area contributed by atoms with Gasteiger partial charge in [0.15, 0.2) is 11.5 Å². The fourth-order valence-electron chi connectivity index (χ4n) is 2.63. The van der Waals surface area contributed by atoms with Crippen LogP contribution in [0.15, 0.2) is 30.6 Å². The highest BCUT2D eigenvalue weighted by Crippen LogP contribution is 2.36. The third kappa shape index (κ3) is 4.26. The van der Waals surface area contributed by atoms with Gasteiger partial charge in [-0.1, -0.05) is 19.9 Å². The zero-order chi connectivity index (χ0) is 18.6. The Labute approximate surface area is 152 Å². The topological polar surface area (TPSA) is 86.6 Å². The molecule has 1 aromatic carbocycles. The zero-order valence-corrected chi connectivity index (χ0v) is 15.2. The Bertz CT molecular complexity index is 772. The summed E-state index contributed by atoms with van der Waals surface area (Å²) < 4.78 is 17.5. The van der Waals surface area contributed by atoms with Crippen LogP contribution in [-0.4, -0.2) is 42.9 Å². The second-order valence-corrected chi connectivity index (χ2v) is 6.74. The molecule has 0 aliphatic carbocycles.